The molecule has 1 aliphatic heterocycles. The zero-order chi connectivity index (χ0) is 16.8. The second-order valence-electron chi connectivity index (χ2n) is 6.64. The highest BCUT2D eigenvalue weighted by molar-refractivity contribution is 5.85. The molecule has 1 aliphatic rings. The molecule has 0 atom stereocenters. The number of nitrogens with one attached hydrogen (secondary N) is 1. The Bertz CT molecular complexity index is 566. The number of nitrogens with zero attached hydrogens (tertiary/aromatic N) is 3. The monoisotopic (exact) mass is 316 g/mol. The number of amides is 1. The molecule has 0 unspecified atom stereocenters. The van der Waals surface area contributed by atoms with Crippen LogP contribution in [0.4, 0.5) is 0 Å². The highest BCUT2D eigenvalue weighted by atomic mass is 16.2. The molecule has 0 spiro atoms. The van der Waals surface area contributed by atoms with E-state index in [-0.39, 0.29) is 12.5 Å². The Hall–Kier alpha value is -2.04. The van der Waals surface area contributed by atoms with E-state index in [1.165, 1.54) is 11.1 Å². The summed E-state index contributed by atoms with van der Waals surface area (Å²) in [5.41, 5.74) is 2.76. The molecule has 1 aromatic rings. The van der Waals surface area contributed by atoms with Crippen LogP contribution in [0.3, 0.4) is 0 Å². The number of carbonyl (C=O) groups excluding carboxylic acids is 1. The Labute approximate surface area is 139 Å². The number of guanidine groups is 1. The van der Waals surface area contributed by atoms with Gasteiger partial charge in [0, 0.05) is 33.7 Å². The molecule has 23 heavy (non-hydrogen) atoms. The van der Waals surface area contributed by atoms with Gasteiger partial charge in [-0.2, -0.15) is 0 Å². The van der Waals surface area contributed by atoms with Crippen LogP contribution in [-0.4, -0.2) is 55.4 Å². The molecule has 0 aliphatic carbocycles. The SMILES string of the molecule is CC(C)CNC(=NCC(=O)N(C)C)N1CCc2ccccc2C1. The van der Waals surface area contributed by atoms with Gasteiger partial charge in [-0.15, -0.1) is 0 Å². The first-order valence-corrected chi connectivity index (χ1v) is 8.27. The van der Waals surface area contributed by atoms with Gasteiger partial charge < -0.3 is 15.1 Å². The van der Waals surface area contributed by atoms with Gasteiger partial charge in [0.2, 0.25) is 5.91 Å². The van der Waals surface area contributed by atoms with E-state index in [4.69, 9.17) is 0 Å². The van der Waals surface area contributed by atoms with Crippen LogP contribution in [0.2, 0.25) is 0 Å². The average molecular weight is 316 g/mol. The van der Waals surface area contributed by atoms with Gasteiger partial charge in [0.05, 0.1) is 0 Å². The van der Waals surface area contributed by atoms with Gasteiger partial charge in [-0.05, 0) is 23.5 Å². The fourth-order valence-electron chi connectivity index (χ4n) is 2.52. The van der Waals surface area contributed by atoms with E-state index in [0.717, 1.165) is 32.0 Å². The van der Waals surface area contributed by atoms with Crippen molar-refractivity contribution in [2.75, 3.05) is 33.7 Å². The lowest BCUT2D eigenvalue weighted by Crippen LogP contribution is -2.45. The minimum Gasteiger partial charge on any atom is -0.356 e. The Kier molecular flexibility index (Phi) is 6.02. The predicted octanol–water partition coefficient (Wildman–Crippen LogP) is 1.73. The summed E-state index contributed by atoms with van der Waals surface area (Å²) >= 11 is 0. The van der Waals surface area contributed by atoms with Gasteiger partial charge >= 0.3 is 0 Å². The van der Waals surface area contributed by atoms with Gasteiger partial charge in [0.25, 0.3) is 0 Å². The van der Waals surface area contributed by atoms with E-state index in [2.05, 4.69) is 53.3 Å². The van der Waals surface area contributed by atoms with E-state index in [0.29, 0.717) is 5.92 Å². The summed E-state index contributed by atoms with van der Waals surface area (Å²) in [6.07, 6.45) is 1.01. The van der Waals surface area contributed by atoms with Crippen molar-refractivity contribution < 1.29 is 4.79 Å². The molecule has 1 amide bonds. The Balaban J connectivity index is 2.10. The van der Waals surface area contributed by atoms with Gasteiger partial charge in [-0.3, -0.25) is 4.79 Å². The predicted molar refractivity (Wildman–Crippen MR) is 94.4 cm³/mol. The van der Waals surface area contributed by atoms with Crippen LogP contribution in [0.1, 0.15) is 25.0 Å². The van der Waals surface area contributed by atoms with Gasteiger partial charge in [0.15, 0.2) is 5.96 Å². The average Bonchev–Trinajstić information content (AvgIpc) is 2.53. The smallest absolute Gasteiger partial charge is 0.243 e. The maximum atomic E-state index is 11.8. The first kappa shape index (κ1) is 17.3. The van der Waals surface area contributed by atoms with Crippen LogP contribution in [0, 0.1) is 5.92 Å². The highest BCUT2D eigenvalue weighted by Gasteiger charge is 2.19. The minimum absolute atomic E-state index is 0.0197. The van der Waals surface area contributed by atoms with Gasteiger partial charge in [0.1, 0.15) is 6.54 Å². The van der Waals surface area contributed by atoms with Crippen LogP contribution in [0.25, 0.3) is 0 Å². The zero-order valence-corrected chi connectivity index (χ0v) is 14.7. The molecule has 0 aromatic heterocycles. The highest BCUT2D eigenvalue weighted by Crippen LogP contribution is 2.18. The maximum Gasteiger partial charge on any atom is 0.243 e. The largest absolute Gasteiger partial charge is 0.356 e. The lowest BCUT2D eigenvalue weighted by Gasteiger charge is -2.32. The molecular formula is C18H28N4O. The molecule has 5 nitrogen and oxygen atoms in total. The zero-order valence-electron chi connectivity index (χ0n) is 14.7. The summed E-state index contributed by atoms with van der Waals surface area (Å²) in [5, 5.41) is 3.42. The molecule has 0 saturated heterocycles. The number of rotatable bonds is 4. The van der Waals surface area contributed by atoms with Crippen molar-refractivity contribution in [2.45, 2.75) is 26.8 Å². The van der Waals surface area contributed by atoms with E-state index in [1.807, 2.05) is 0 Å². The molecule has 0 saturated carbocycles. The Morgan fingerprint density at radius 2 is 2.00 bits per heavy atom. The van der Waals surface area contributed by atoms with E-state index >= 15 is 0 Å². The molecule has 0 bridgehead atoms. The number of fused-ring (bicyclic) bond motifs is 1. The van der Waals surface area contributed by atoms with E-state index in [1.54, 1.807) is 19.0 Å². The molecule has 1 heterocycles. The number of hydrogen-bond donors (Lipinski definition) is 1. The first-order chi connectivity index (χ1) is 11.0. The molecule has 1 aromatic carbocycles. The fraction of sp³-hybridized carbons (Fsp3) is 0.556. The summed E-state index contributed by atoms with van der Waals surface area (Å²) in [6, 6.07) is 8.54. The molecule has 0 radical (unpaired) electrons. The molecule has 1 N–H and O–H groups in total. The topological polar surface area (TPSA) is 47.9 Å². The van der Waals surface area contributed by atoms with Crippen molar-refractivity contribution in [3.8, 4) is 0 Å². The number of hydrogen-bond acceptors (Lipinski definition) is 2. The maximum absolute atomic E-state index is 11.8. The minimum atomic E-state index is 0.0197. The van der Waals surface area contributed by atoms with Crippen LogP contribution >= 0.6 is 0 Å². The molecule has 0 fully saturated rings. The lowest BCUT2D eigenvalue weighted by atomic mass is 10.0. The van der Waals surface area contributed by atoms with Crippen molar-refractivity contribution in [1.82, 2.24) is 15.1 Å². The number of benzene rings is 1. The van der Waals surface area contributed by atoms with Crippen molar-refractivity contribution >= 4 is 11.9 Å². The molecular weight excluding hydrogens is 288 g/mol. The van der Waals surface area contributed by atoms with Crippen LogP contribution in [0.5, 0.6) is 0 Å². The third kappa shape index (κ3) is 4.98. The van der Waals surface area contributed by atoms with E-state index in [9.17, 15) is 4.79 Å². The normalized spacial score (nSPS) is 14.7. The summed E-state index contributed by atoms with van der Waals surface area (Å²) in [4.78, 5) is 20.2. The van der Waals surface area contributed by atoms with E-state index < -0.39 is 0 Å². The summed E-state index contributed by atoms with van der Waals surface area (Å²) in [6.45, 7) is 7.15. The number of carbonyl (C=O) groups is 1. The fourth-order valence-corrected chi connectivity index (χ4v) is 2.52. The van der Waals surface area contributed by atoms with Crippen molar-refractivity contribution in [1.29, 1.82) is 0 Å². The molecule has 2 rings (SSSR count). The van der Waals surface area contributed by atoms with Crippen LogP contribution in [0.15, 0.2) is 29.3 Å². The molecule has 126 valence electrons. The van der Waals surface area contributed by atoms with Crippen LogP contribution in [-0.2, 0) is 17.8 Å². The van der Waals surface area contributed by atoms with Gasteiger partial charge in [-0.1, -0.05) is 38.1 Å². The summed E-state index contributed by atoms with van der Waals surface area (Å²) in [5.74, 6) is 1.39. The summed E-state index contributed by atoms with van der Waals surface area (Å²) < 4.78 is 0. The number of likely N-dealkylation sites (N-methyl/N-ethyl adjacent to an activating group) is 1. The quantitative estimate of drug-likeness (QED) is 0.680. The van der Waals surface area contributed by atoms with Crippen molar-refractivity contribution in [3.63, 3.8) is 0 Å². The van der Waals surface area contributed by atoms with Crippen LogP contribution < -0.4 is 5.32 Å². The Morgan fingerprint density at radius 3 is 2.65 bits per heavy atom. The van der Waals surface area contributed by atoms with Crippen molar-refractivity contribution in [2.24, 2.45) is 10.9 Å². The lowest BCUT2D eigenvalue weighted by molar-refractivity contribution is -0.127. The second-order valence-corrected chi connectivity index (χ2v) is 6.64. The van der Waals surface area contributed by atoms with Crippen molar-refractivity contribution in [3.05, 3.63) is 35.4 Å². The molecule has 5 heteroatoms. The second kappa shape index (κ2) is 7.99. The third-order valence-electron chi connectivity index (χ3n) is 3.96. The number of aliphatic imine (C=N–C) groups is 1. The third-order valence-corrected chi connectivity index (χ3v) is 3.96. The summed E-state index contributed by atoms with van der Waals surface area (Å²) in [7, 11) is 3.52. The van der Waals surface area contributed by atoms with Gasteiger partial charge in [-0.25, -0.2) is 4.99 Å². The standard InChI is InChI=1S/C18H28N4O/c1-14(2)11-19-18(20-12-17(23)21(3)4)22-10-9-15-7-5-6-8-16(15)13-22/h5-8,14H,9-13H2,1-4H3,(H,19,20). The Morgan fingerprint density at radius 1 is 1.30 bits per heavy atom. The first-order valence-electron chi connectivity index (χ1n) is 8.27.